The van der Waals surface area contributed by atoms with Gasteiger partial charge in [-0.05, 0) is 17.7 Å². The van der Waals surface area contributed by atoms with Crippen molar-refractivity contribution < 1.29 is 9.59 Å². The SMILES string of the molecule is CCC(=O)C1=C2SC(C)CN2C(=O)NC1c1ccc(Cl)cc1. The minimum atomic E-state index is -0.402. The summed E-state index contributed by atoms with van der Waals surface area (Å²) in [5.74, 6) is 0.0709. The maximum atomic E-state index is 12.5. The van der Waals surface area contributed by atoms with E-state index in [1.54, 1.807) is 28.8 Å². The quantitative estimate of drug-likeness (QED) is 0.915. The molecule has 1 aromatic carbocycles. The van der Waals surface area contributed by atoms with Crippen molar-refractivity contribution in [2.24, 2.45) is 0 Å². The van der Waals surface area contributed by atoms with Gasteiger partial charge in [-0.15, -0.1) is 11.8 Å². The molecule has 0 bridgehead atoms. The van der Waals surface area contributed by atoms with Gasteiger partial charge in [0, 0.05) is 23.2 Å². The molecule has 0 aliphatic carbocycles. The van der Waals surface area contributed by atoms with Crippen molar-refractivity contribution in [2.75, 3.05) is 6.54 Å². The summed E-state index contributed by atoms with van der Waals surface area (Å²) in [4.78, 5) is 26.5. The predicted molar refractivity (Wildman–Crippen MR) is 88.8 cm³/mol. The Labute approximate surface area is 138 Å². The summed E-state index contributed by atoms with van der Waals surface area (Å²) in [7, 11) is 0. The zero-order valence-corrected chi connectivity index (χ0v) is 14.0. The molecule has 4 nitrogen and oxygen atoms in total. The summed E-state index contributed by atoms with van der Waals surface area (Å²) in [5.41, 5.74) is 1.57. The normalized spacial score (nSPS) is 24.3. The Hall–Kier alpha value is -1.46. The Morgan fingerprint density at radius 1 is 1.41 bits per heavy atom. The molecule has 0 aromatic heterocycles. The number of amides is 2. The summed E-state index contributed by atoms with van der Waals surface area (Å²) in [6.45, 7) is 4.55. The second kappa shape index (κ2) is 5.97. The molecule has 2 amide bonds. The second-order valence-corrected chi connectivity index (χ2v) is 7.33. The van der Waals surface area contributed by atoms with Gasteiger partial charge in [-0.1, -0.05) is 37.6 Å². The fourth-order valence-corrected chi connectivity index (χ4v) is 4.16. The molecule has 2 unspecified atom stereocenters. The summed E-state index contributed by atoms with van der Waals surface area (Å²) in [6, 6.07) is 6.72. The number of rotatable bonds is 3. The van der Waals surface area contributed by atoms with E-state index in [1.807, 2.05) is 19.1 Å². The number of Topliss-reactive ketones (excluding diaryl/α,β-unsaturated/α-hetero) is 1. The van der Waals surface area contributed by atoms with Crippen molar-refractivity contribution >= 4 is 35.2 Å². The number of ketones is 1. The number of urea groups is 1. The maximum absolute atomic E-state index is 12.5. The lowest BCUT2D eigenvalue weighted by molar-refractivity contribution is -0.115. The van der Waals surface area contributed by atoms with Crippen LogP contribution in [0.4, 0.5) is 4.79 Å². The van der Waals surface area contributed by atoms with Crippen LogP contribution in [0.5, 0.6) is 0 Å². The van der Waals surface area contributed by atoms with Crippen LogP contribution in [0.2, 0.25) is 5.02 Å². The number of nitrogens with zero attached hydrogens (tertiary/aromatic N) is 1. The third-order valence-electron chi connectivity index (χ3n) is 3.85. The Bertz CT molecular complexity index is 657. The van der Waals surface area contributed by atoms with Crippen molar-refractivity contribution in [3.8, 4) is 0 Å². The lowest BCUT2D eigenvalue weighted by Crippen LogP contribution is -2.46. The number of carbonyl (C=O) groups is 2. The van der Waals surface area contributed by atoms with Gasteiger partial charge in [0.15, 0.2) is 5.78 Å². The van der Waals surface area contributed by atoms with Crippen molar-refractivity contribution in [1.82, 2.24) is 10.2 Å². The third-order valence-corrected chi connectivity index (χ3v) is 5.32. The fraction of sp³-hybridized carbons (Fsp3) is 0.375. The highest BCUT2D eigenvalue weighted by atomic mass is 35.5. The van der Waals surface area contributed by atoms with Gasteiger partial charge >= 0.3 is 6.03 Å². The average molecular weight is 337 g/mol. The van der Waals surface area contributed by atoms with Crippen LogP contribution in [0.25, 0.3) is 0 Å². The average Bonchev–Trinajstić information content (AvgIpc) is 2.89. The largest absolute Gasteiger partial charge is 0.327 e. The molecule has 2 aliphatic heterocycles. The van der Waals surface area contributed by atoms with Crippen molar-refractivity contribution in [3.63, 3.8) is 0 Å². The van der Waals surface area contributed by atoms with Gasteiger partial charge in [0.2, 0.25) is 0 Å². The number of carbonyl (C=O) groups excluding carboxylic acids is 2. The lowest BCUT2D eigenvalue weighted by Gasteiger charge is -2.32. The van der Waals surface area contributed by atoms with Crippen molar-refractivity contribution in [1.29, 1.82) is 0 Å². The summed E-state index contributed by atoms with van der Waals surface area (Å²) in [5, 5.41) is 4.70. The molecular weight excluding hydrogens is 320 g/mol. The zero-order valence-electron chi connectivity index (χ0n) is 12.4. The second-order valence-electron chi connectivity index (χ2n) is 5.47. The van der Waals surface area contributed by atoms with E-state index in [2.05, 4.69) is 12.2 Å². The molecule has 1 saturated heterocycles. The van der Waals surface area contributed by atoms with Crippen LogP contribution < -0.4 is 5.32 Å². The van der Waals surface area contributed by atoms with Crippen LogP contribution in [-0.2, 0) is 4.79 Å². The molecule has 1 aromatic rings. The third kappa shape index (κ3) is 2.63. The van der Waals surface area contributed by atoms with Crippen molar-refractivity contribution in [2.45, 2.75) is 31.6 Å². The molecule has 0 spiro atoms. The zero-order chi connectivity index (χ0) is 15.9. The Balaban J connectivity index is 2.10. The van der Waals surface area contributed by atoms with Crippen LogP contribution >= 0.6 is 23.4 Å². The highest BCUT2D eigenvalue weighted by Gasteiger charge is 2.41. The number of benzene rings is 1. The van der Waals surface area contributed by atoms with Crippen LogP contribution in [0.15, 0.2) is 34.9 Å². The standard InChI is InChI=1S/C16H17ClN2O2S/c1-3-12(20)13-14(10-4-6-11(17)7-5-10)18-16(21)19-8-9(2)22-15(13)19/h4-7,9,14H,3,8H2,1-2H3,(H,18,21). The molecule has 0 saturated carbocycles. The van der Waals surface area contributed by atoms with Crippen LogP contribution in [0.1, 0.15) is 31.9 Å². The monoisotopic (exact) mass is 336 g/mol. The van der Waals surface area contributed by atoms with E-state index in [0.29, 0.717) is 28.8 Å². The minimum absolute atomic E-state index is 0.0709. The maximum Gasteiger partial charge on any atom is 0.323 e. The summed E-state index contributed by atoms with van der Waals surface area (Å²) < 4.78 is 0. The molecule has 2 atom stereocenters. The minimum Gasteiger partial charge on any atom is -0.327 e. The first kappa shape index (κ1) is 15.4. The van der Waals surface area contributed by atoms with Crippen molar-refractivity contribution in [3.05, 3.63) is 45.5 Å². The Morgan fingerprint density at radius 2 is 2.09 bits per heavy atom. The fourth-order valence-electron chi connectivity index (χ4n) is 2.79. The molecule has 6 heteroatoms. The molecule has 0 radical (unpaired) electrons. The van der Waals surface area contributed by atoms with E-state index in [9.17, 15) is 9.59 Å². The molecule has 1 N–H and O–H groups in total. The van der Waals surface area contributed by atoms with E-state index < -0.39 is 6.04 Å². The number of halogens is 1. The molecule has 2 aliphatic rings. The van der Waals surface area contributed by atoms with E-state index in [-0.39, 0.29) is 11.8 Å². The van der Waals surface area contributed by atoms with Gasteiger partial charge in [-0.2, -0.15) is 0 Å². The number of hydrogen-bond donors (Lipinski definition) is 1. The van der Waals surface area contributed by atoms with E-state index >= 15 is 0 Å². The summed E-state index contributed by atoms with van der Waals surface area (Å²) in [6.07, 6.45) is 0.418. The van der Waals surface area contributed by atoms with Gasteiger partial charge < -0.3 is 5.32 Å². The highest BCUT2D eigenvalue weighted by Crippen LogP contribution is 2.43. The first-order valence-corrected chi connectivity index (χ1v) is 8.54. The Kier molecular flexibility index (Phi) is 4.19. The molecule has 116 valence electrons. The van der Waals surface area contributed by atoms with Crippen LogP contribution in [-0.4, -0.2) is 28.5 Å². The van der Waals surface area contributed by atoms with Gasteiger partial charge in [-0.25, -0.2) is 4.79 Å². The molecular formula is C16H17ClN2O2S. The number of hydrogen-bond acceptors (Lipinski definition) is 3. The predicted octanol–water partition coefficient (Wildman–Crippen LogP) is 3.73. The molecule has 22 heavy (non-hydrogen) atoms. The van der Waals surface area contributed by atoms with Crippen LogP contribution in [0, 0.1) is 0 Å². The van der Waals surface area contributed by atoms with Gasteiger partial charge in [0.25, 0.3) is 0 Å². The molecule has 1 fully saturated rings. The van der Waals surface area contributed by atoms with Gasteiger partial charge in [0.05, 0.1) is 16.6 Å². The van der Waals surface area contributed by atoms with E-state index in [1.165, 1.54) is 0 Å². The van der Waals surface area contributed by atoms with Gasteiger partial charge in [0.1, 0.15) is 0 Å². The first-order valence-electron chi connectivity index (χ1n) is 7.28. The van der Waals surface area contributed by atoms with E-state index in [4.69, 9.17) is 11.6 Å². The van der Waals surface area contributed by atoms with E-state index in [0.717, 1.165) is 10.6 Å². The first-order chi connectivity index (χ1) is 10.5. The number of nitrogens with one attached hydrogen (secondary N) is 1. The van der Waals surface area contributed by atoms with Crippen LogP contribution in [0.3, 0.4) is 0 Å². The molecule has 2 heterocycles. The smallest absolute Gasteiger partial charge is 0.323 e. The summed E-state index contributed by atoms with van der Waals surface area (Å²) >= 11 is 7.54. The number of thioether (sulfide) groups is 1. The lowest BCUT2D eigenvalue weighted by atomic mass is 9.93. The topological polar surface area (TPSA) is 49.4 Å². The Morgan fingerprint density at radius 3 is 2.73 bits per heavy atom. The van der Waals surface area contributed by atoms with Gasteiger partial charge in [-0.3, -0.25) is 9.69 Å². The number of fused-ring (bicyclic) bond motifs is 1. The molecule has 3 rings (SSSR count). The highest BCUT2D eigenvalue weighted by molar-refractivity contribution is 8.04.